The van der Waals surface area contributed by atoms with Gasteiger partial charge in [-0.05, 0) is 12.8 Å². The Morgan fingerprint density at radius 1 is 1.03 bits per heavy atom. The molecule has 12 heteroatoms. The van der Waals surface area contributed by atoms with Gasteiger partial charge in [-0.3, -0.25) is 4.90 Å². The lowest BCUT2D eigenvalue weighted by atomic mass is 10.0. The molecule has 2 saturated heterocycles. The molecule has 0 spiro atoms. The van der Waals surface area contributed by atoms with Gasteiger partial charge in [0.15, 0.2) is 11.6 Å². The number of cyclic esters (lactones) is 1. The van der Waals surface area contributed by atoms with Crippen LogP contribution >= 0.6 is 0 Å². The van der Waals surface area contributed by atoms with Crippen LogP contribution < -0.4 is 9.80 Å². The van der Waals surface area contributed by atoms with E-state index in [-0.39, 0.29) is 24.0 Å². The molecule has 31 heavy (non-hydrogen) atoms. The van der Waals surface area contributed by atoms with Crippen molar-refractivity contribution in [2.45, 2.75) is 31.5 Å². The fraction of sp³-hybridized carbons (Fsp3) is 0.421. The molecule has 0 saturated carbocycles. The molecule has 1 aromatic carbocycles. The molecule has 1 amide bonds. The van der Waals surface area contributed by atoms with E-state index in [1.807, 2.05) is 0 Å². The van der Waals surface area contributed by atoms with Gasteiger partial charge in [-0.1, -0.05) is 10.4 Å². The third-order valence-electron chi connectivity index (χ3n) is 5.65. The summed E-state index contributed by atoms with van der Waals surface area (Å²) >= 11 is 0. The number of hydrogen-bond donors (Lipinski definition) is 0. The summed E-state index contributed by atoms with van der Waals surface area (Å²) in [7, 11) is 0. The molecule has 3 aromatic rings. The number of benzene rings is 1. The Balaban J connectivity index is 1.29. The largest absolute Gasteiger partial charge is 0.442 e. The van der Waals surface area contributed by atoms with Crippen molar-refractivity contribution in [3.05, 3.63) is 48.6 Å². The van der Waals surface area contributed by atoms with Gasteiger partial charge < -0.3 is 9.64 Å². The highest BCUT2D eigenvalue weighted by atomic mass is 19.1. The Labute approximate surface area is 176 Å². The van der Waals surface area contributed by atoms with Crippen molar-refractivity contribution in [1.29, 1.82) is 0 Å². The molecule has 2 fully saturated rings. The van der Waals surface area contributed by atoms with Crippen LogP contribution in [0.25, 0.3) is 0 Å². The summed E-state index contributed by atoms with van der Waals surface area (Å²) in [5.74, 6) is -1.41. The summed E-state index contributed by atoms with van der Waals surface area (Å²) in [6.45, 7) is 1.46. The topological polar surface area (TPSA) is 94.2 Å². The van der Waals surface area contributed by atoms with Crippen LogP contribution in [0.15, 0.2) is 36.9 Å². The Bertz CT molecular complexity index is 1030. The lowest BCUT2D eigenvalue weighted by Crippen LogP contribution is -2.36. The van der Waals surface area contributed by atoms with Gasteiger partial charge in [0.25, 0.3) is 0 Å². The highest BCUT2D eigenvalue weighted by Gasteiger charge is 2.34. The highest BCUT2D eigenvalue weighted by Crippen LogP contribution is 2.34. The zero-order valence-corrected chi connectivity index (χ0v) is 16.5. The zero-order valence-electron chi connectivity index (χ0n) is 16.5. The van der Waals surface area contributed by atoms with E-state index in [2.05, 4.69) is 20.6 Å². The second-order valence-corrected chi connectivity index (χ2v) is 7.60. The zero-order chi connectivity index (χ0) is 21.4. The minimum absolute atomic E-state index is 0.0764. The lowest BCUT2D eigenvalue weighted by Gasteiger charge is -2.34. The van der Waals surface area contributed by atoms with Crippen molar-refractivity contribution >= 4 is 17.5 Å². The monoisotopic (exact) mass is 430 g/mol. The number of hydrogen-bond acceptors (Lipinski definition) is 7. The van der Waals surface area contributed by atoms with Crippen molar-refractivity contribution in [2.75, 3.05) is 29.4 Å². The lowest BCUT2D eigenvalue weighted by molar-refractivity contribution is 0.129. The molecule has 162 valence electrons. The van der Waals surface area contributed by atoms with Gasteiger partial charge in [-0.2, -0.15) is 0 Å². The average Bonchev–Trinajstić information content (AvgIpc) is 3.51. The Hall–Kier alpha value is -3.57. The van der Waals surface area contributed by atoms with E-state index in [0.29, 0.717) is 32.5 Å². The van der Waals surface area contributed by atoms with E-state index in [4.69, 9.17) is 4.74 Å². The van der Waals surface area contributed by atoms with Crippen LogP contribution in [0.4, 0.5) is 25.0 Å². The van der Waals surface area contributed by atoms with Crippen molar-refractivity contribution in [2.24, 2.45) is 0 Å². The number of amides is 1. The van der Waals surface area contributed by atoms with Gasteiger partial charge in [-0.15, -0.1) is 10.2 Å². The first kappa shape index (κ1) is 19.4. The van der Waals surface area contributed by atoms with Crippen LogP contribution in [0.1, 0.15) is 18.9 Å². The molecule has 5 rings (SSSR count). The van der Waals surface area contributed by atoms with E-state index >= 15 is 0 Å². The highest BCUT2D eigenvalue weighted by molar-refractivity contribution is 5.90. The number of anilines is 2. The molecule has 2 aliphatic rings. The van der Waals surface area contributed by atoms with E-state index in [0.717, 1.165) is 0 Å². The molecular weight excluding hydrogens is 410 g/mol. The molecule has 2 aromatic heterocycles. The number of carbonyl (C=O) groups is 1. The number of aromatic nitrogens is 6. The van der Waals surface area contributed by atoms with E-state index < -0.39 is 23.8 Å². The van der Waals surface area contributed by atoms with Gasteiger partial charge in [-0.25, -0.2) is 22.9 Å². The van der Waals surface area contributed by atoms with Crippen LogP contribution in [0.3, 0.4) is 0 Å². The molecule has 0 N–H and O–H groups in total. The maximum atomic E-state index is 14.9. The summed E-state index contributed by atoms with van der Waals surface area (Å²) < 4.78 is 38.5. The maximum Gasteiger partial charge on any atom is 0.414 e. The second kappa shape index (κ2) is 7.93. The predicted molar refractivity (Wildman–Crippen MR) is 105 cm³/mol. The standard InChI is InChI=1S/C19H20F2N8O2/c20-16-9-14(28-12-15(31-19(28)30)11-27-7-3-22-24-27)10-17(21)18(16)26-5-1-13(2-6-26)29-8-4-23-25-29/h3-4,7-10,13,15H,1-2,5-6,11-12H2/t15-/m0/s1. The van der Waals surface area contributed by atoms with E-state index in [9.17, 15) is 13.6 Å². The minimum atomic E-state index is -0.707. The van der Waals surface area contributed by atoms with Crippen LogP contribution in [-0.4, -0.2) is 61.8 Å². The first-order valence-electron chi connectivity index (χ1n) is 10.0. The number of ether oxygens (including phenoxy) is 1. The Kier molecular flexibility index (Phi) is 4.96. The van der Waals surface area contributed by atoms with Crippen molar-refractivity contribution in [3.8, 4) is 0 Å². The molecule has 1 atom stereocenters. The Morgan fingerprint density at radius 3 is 2.39 bits per heavy atom. The number of nitrogens with zero attached hydrogens (tertiary/aromatic N) is 8. The molecular formula is C19H20F2N8O2. The first-order valence-corrected chi connectivity index (χ1v) is 10.0. The summed E-state index contributed by atoms with van der Waals surface area (Å²) in [5, 5.41) is 15.4. The smallest absolute Gasteiger partial charge is 0.414 e. The molecule has 10 nitrogen and oxygen atoms in total. The molecule has 0 aliphatic carbocycles. The fourth-order valence-corrected chi connectivity index (χ4v) is 4.14. The molecule has 0 unspecified atom stereocenters. The second-order valence-electron chi connectivity index (χ2n) is 7.60. The number of piperidine rings is 1. The normalized spacial score (nSPS) is 19.8. The third kappa shape index (κ3) is 3.80. The fourth-order valence-electron chi connectivity index (χ4n) is 4.14. The van der Waals surface area contributed by atoms with Crippen molar-refractivity contribution in [1.82, 2.24) is 30.0 Å². The van der Waals surface area contributed by atoms with Crippen molar-refractivity contribution < 1.29 is 18.3 Å². The predicted octanol–water partition coefficient (Wildman–Crippen LogP) is 2.01. The van der Waals surface area contributed by atoms with E-state index in [1.165, 1.54) is 27.9 Å². The summed E-state index contributed by atoms with van der Waals surface area (Å²) in [4.78, 5) is 15.2. The van der Waals surface area contributed by atoms with Gasteiger partial charge in [0.05, 0.1) is 37.2 Å². The van der Waals surface area contributed by atoms with Crippen LogP contribution in [0, 0.1) is 11.6 Å². The van der Waals surface area contributed by atoms with Gasteiger partial charge in [0.1, 0.15) is 11.8 Å². The molecule has 0 bridgehead atoms. The van der Waals surface area contributed by atoms with Gasteiger partial charge >= 0.3 is 6.09 Å². The summed E-state index contributed by atoms with van der Waals surface area (Å²) in [5.41, 5.74) is 0.0508. The summed E-state index contributed by atoms with van der Waals surface area (Å²) in [6.07, 6.45) is 6.84. The summed E-state index contributed by atoms with van der Waals surface area (Å²) in [6, 6.07) is 2.52. The third-order valence-corrected chi connectivity index (χ3v) is 5.65. The van der Waals surface area contributed by atoms with Crippen LogP contribution in [-0.2, 0) is 11.3 Å². The van der Waals surface area contributed by atoms with Gasteiger partial charge in [0, 0.05) is 37.6 Å². The molecule has 4 heterocycles. The number of carbonyl (C=O) groups excluding carboxylic acids is 1. The van der Waals surface area contributed by atoms with Crippen LogP contribution in [0.2, 0.25) is 0 Å². The maximum absolute atomic E-state index is 14.9. The van der Waals surface area contributed by atoms with Crippen LogP contribution in [0.5, 0.6) is 0 Å². The number of halogens is 2. The average molecular weight is 430 g/mol. The quantitative estimate of drug-likeness (QED) is 0.611. The minimum Gasteiger partial charge on any atom is -0.442 e. The van der Waals surface area contributed by atoms with Crippen molar-refractivity contribution in [3.63, 3.8) is 0 Å². The van der Waals surface area contributed by atoms with E-state index in [1.54, 1.807) is 28.2 Å². The number of rotatable bonds is 5. The SMILES string of the molecule is O=C1O[C@@H](Cn2ccnn2)CN1c1cc(F)c(N2CCC(n3ccnn3)CC2)c(F)c1. The molecule has 0 radical (unpaired) electrons. The Morgan fingerprint density at radius 2 is 1.74 bits per heavy atom. The molecule has 2 aliphatic heterocycles. The van der Waals surface area contributed by atoms with Gasteiger partial charge in [0.2, 0.25) is 0 Å². The first-order chi connectivity index (χ1) is 15.1.